The number of hydrogen-bond acceptors (Lipinski definition) is 7. The van der Waals surface area contributed by atoms with Crippen LogP contribution in [0.5, 0.6) is 0 Å². The van der Waals surface area contributed by atoms with Crippen LogP contribution in [0, 0.1) is 0 Å². The quantitative estimate of drug-likeness (QED) is 0.712. The van der Waals surface area contributed by atoms with Gasteiger partial charge in [-0.2, -0.15) is 5.10 Å². The lowest BCUT2D eigenvalue weighted by Gasteiger charge is -2.44. The van der Waals surface area contributed by atoms with E-state index in [2.05, 4.69) is 25.1 Å². The van der Waals surface area contributed by atoms with E-state index in [-0.39, 0.29) is 18.1 Å². The maximum atomic E-state index is 13.9. The minimum atomic E-state index is -0.695. The molecule has 1 N–H and O–H groups in total. The van der Waals surface area contributed by atoms with Crippen molar-refractivity contribution < 1.29 is 9.53 Å². The topological polar surface area (TPSA) is 100 Å². The first kappa shape index (κ1) is 18.7. The SMILES string of the molecule is COC1CCC(N2C(=O)C(c3ncn[nH]3)N(c3ccccc3)c3nccnc32)CC1. The number of nitrogens with zero attached hydrogens (tertiary/aromatic N) is 6. The number of rotatable bonds is 4. The fourth-order valence-corrected chi connectivity index (χ4v) is 4.47. The van der Waals surface area contributed by atoms with Crippen LogP contribution < -0.4 is 9.80 Å². The van der Waals surface area contributed by atoms with Crippen LogP contribution in [0.15, 0.2) is 49.1 Å². The molecule has 1 atom stereocenters. The molecule has 30 heavy (non-hydrogen) atoms. The van der Waals surface area contributed by atoms with E-state index in [1.165, 1.54) is 6.33 Å². The Morgan fingerprint density at radius 1 is 0.967 bits per heavy atom. The lowest BCUT2D eigenvalue weighted by Crippen LogP contribution is -2.53. The molecule has 9 nitrogen and oxygen atoms in total. The molecule has 2 aromatic heterocycles. The zero-order valence-corrected chi connectivity index (χ0v) is 16.7. The van der Waals surface area contributed by atoms with Gasteiger partial charge in [-0.25, -0.2) is 15.0 Å². The molecule has 0 bridgehead atoms. The summed E-state index contributed by atoms with van der Waals surface area (Å²) in [6.07, 6.45) is 8.50. The van der Waals surface area contributed by atoms with Crippen LogP contribution >= 0.6 is 0 Å². The summed E-state index contributed by atoms with van der Waals surface area (Å²) >= 11 is 0. The highest BCUT2D eigenvalue weighted by atomic mass is 16.5. The maximum Gasteiger partial charge on any atom is 0.259 e. The highest BCUT2D eigenvalue weighted by molar-refractivity contribution is 6.06. The Morgan fingerprint density at radius 2 is 1.67 bits per heavy atom. The molecule has 1 aliphatic heterocycles. The van der Waals surface area contributed by atoms with Gasteiger partial charge in [0.15, 0.2) is 23.5 Å². The van der Waals surface area contributed by atoms with Gasteiger partial charge in [0.2, 0.25) is 0 Å². The molecule has 1 unspecified atom stereocenters. The predicted octanol–water partition coefficient (Wildman–Crippen LogP) is 2.78. The standard InChI is InChI=1S/C21H23N7O2/c1-30-16-9-7-15(8-10-16)28-20-19(22-11-12-23-20)27(14-5-3-2-4-6-14)17(21(28)29)18-24-13-25-26-18/h2-6,11-13,15-17H,7-10H2,1H3,(H,24,25,26). The highest BCUT2D eigenvalue weighted by Crippen LogP contribution is 2.45. The first-order chi connectivity index (χ1) is 14.8. The van der Waals surface area contributed by atoms with E-state index in [4.69, 9.17) is 4.74 Å². The number of carbonyl (C=O) groups is 1. The van der Waals surface area contributed by atoms with Crippen molar-refractivity contribution in [2.45, 2.75) is 43.9 Å². The van der Waals surface area contributed by atoms with E-state index in [0.717, 1.165) is 31.4 Å². The first-order valence-electron chi connectivity index (χ1n) is 10.1. The number of benzene rings is 1. The summed E-state index contributed by atoms with van der Waals surface area (Å²) in [5, 5.41) is 6.88. The van der Waals surface area contributed by atoms with Crippen LogP contribution in [-0.2, 0) is 9.53 Å². The first-order valence-corrected chi connectivity index (χ1v) is 10.1. The Morgan fingerprint density at radius 3 is 2.30 bits per heavy atom. The normalized spacial score (nSPS) is 24.0. The number of nitrogens with one attached hydrogen (secondary N) is 1. The average molecular weight is 405 g/mol. The van der Waals surface area contributed by atoms with Crippen LogP contribution in [0.25, 0.3) is 0 Å². The van der Waals surface area contributed by atoms with E-state index in [1.54, 1.807) is 19.5 Å². The van der Waals surface area contributed by atoms with Crippen LogP contribution in [-0.4, -0.2) is 50.3 Å². The second-order valence-corrected chi connectivity index (χ2v) is 7.56. The van der Waals surface area contributed by atoms with E-state index >= 15 is 0 Å². The molecule has 0 saturated heterocycles. The van der Waals surface area contributed by atoms with Gasteiger partial charge >= 0.3 is 0 Å². The summed E-state index contributed by atoms with van der Waals surface area (Å²) in [4.78, 5) is 31.2. The zero-order chi connectivity index (χ0) is 20.5. The lowest BCUT2D eigenvalue weighted by atomic mass is 9.90. The second kappa shape index (κ2) is 7.83. The van der Waals surface area contributed by atoms with Crippen molar-refractivity contribution in [2.24, 2.45) is 0 Å². The van der Waals surface area contributed by atoms with Crippen LogP contribution in [0.2, 0.25) is 0 Å². The lowest BCUT2D eigenvalue weighted by molar-refractivity contribution is -0.121. The number of methoxy groups -OCH3 is 1. The van der Waals surface area contributed by atoms with Crippen molar-refractivity contribution in [3.63, 3.8) is 0 Å². The molecule has 1 aromatic carbocycles. The molecule has 154 valence electrons. The van der Waals surface area contributed by atoms with Gasteiger partial charge in [0, 0.05) is 31.2 Å². The Balaban J connectivity index is 1.63. The fourth-order valence-electron chi connectivity index (χ4n) is 4.47. The van der Waals surface area contributed by atoms with Gasteiger partial charge in [-0.3, -0.25) is 14.8 Å². The molecule has 1 aliphatic carbocycles. The molecular weight excluding hydrogens is 382 g/mol. The van der Waals surface area contributed by atoms with Gasteiger partial charge in [0.05, 0.1) is 6.10 Å². The minimum absolute atomic E-state index is 0.0442. The van der Waals surface area contributed by atoms with Gasteiger partial charge in [0.25, 0.3) is 5.91 Å². The summed E-state index contributed by atoms with van der Waals surface area (Å²) in [5.74, 6) is 1.63. The molecule has 1 fully saturated rings. The number of hydrogen-bond donors (Lipinski definition) is 1. The van der Waals surface area contributed by atoms with Gasteiger partial charge in [0.1, 0.15) is 6.33 Å². The molecule has 1 amide bonds. The number of amides is 1. The number of H-pyrrole nitrogens is 1. The van der Waals surface area contributed by atoms with Crippen molar-refractivity contribution in [3.8, 4) is 0 Å². The summed E-state index contributed by atoms with van der Waals surface area (Å²) in [7, 11) is 1.75. The Bertz CT molecular complexity index is 1000. The van der Waals surface area contributed by atoms with Gasteiger partial charge in [-0.15, -0.1) is 0 Å². The van der Waals surface area contributed by atoms with Crippen LogP contribution in [0.1, 0.15) is 37.5 Å². The Labute approximate surface area is 174 Å². The van der Waals surface area contributed by atoms with E-state index in [9.17, 15) is 4.79 Å². The zero-order valence-electron chi connectivity index (χ0n) is 16.7. The van der Waals surface area contributed by atoms with Crippen molar-refractivity contribution in [2.75, 3.05) is 16.9 Å². The third-order valence-electron chi connectivity index (χ3n) is 5.92. The summed E-state index contributed by atoms with van der Waals surface area (Å²) in [5.41, 5.74) is 0.844. The largest absolute Gasteiger partial charge is 0.381 e. The van der Waals surface area contributed by atoms with Gasteiger partial charge < -0.3 is 9.64 Å². The minimum Gasteiger partial charge on any atom is -0.381 e. The third-order valence-corrected chi connectivity index (χ3v) is 5.92. The van der Waals surface area contributed by atoms with Crippen molar-refractivity contribution in [1.82, 2.24) is 25.1 Å². The molecular formula is C21H23N7O2. The van der Waals surface area contributed by atoms with Crippen LogP contribution in [0.4, 0.5) is 17.3 Å². The highest BCUT2D eigenvalue weighted by Gasteiger charge is 2.46. The van der Waals surface area contributed by atoms with Gasteiger partial charge in [-0.05, 0) is 37.8 Å². The third kappa shape index (κ3) is 3.11. The van der Waals surface area contributed by atoms with E-state index < -0.39 is 6.04 Å². The van der Waals surface area contributed by atoms with Crippen molar-refractivity contribution in [1.29, 1.82) is 0 Å². The number of fused-ring (bicyclic) bond motifs is 1. The number of anilines is 3. The number of carbonyl (C=O) groups excluding carboxylic acids is 1. The molecule has 5 rings (SSSR count). The van der Waals surface area contributed by atoms with E-state index in [1.807, 2.05) is 40.1 Å². The van der Waals surface area contributed by atoms with Crippen LogP contribution in [0.3, 0.4) is 0 Å². The molecule has 1 saturated carbocycles. The number of aromatic amines is 1. The molecule has 0 radical (unpaired) electrons. The molecule has 2 aliphatic rings. The number of ether oxygens (including phenoxy) is 1. The summed E-state index contributed by atoms with van der Waals surface area (Å²) < 4.78 is 5.52. The summed E-state index contributed by atoms with van der Waals surface area (Å²) in [6.45, 7) is 0. The number of para-hydroxylation sites is 1. The van der Waals surface area contributed by atoms with E-state index in [0.29, 0.717) is 17.5 Å². The average Bonchev–Trinajstić information content (AvgIpc) is 3.33. The van der Waals surface area contributed by atoms with Crippen molar-refractivity contribution >= 4 is 23.2 Å². The summed E-state index contributed by atoms with van der Waals surface area (Å²) in [6, 6.07) is 9.07. The molecule has 9 heteroatoms. The predicted molar refractivity (Wildman–Crippen MR) is 110 cm³/mol. The number of aromatic nitrogens is 5. The Hall–Kier alpha value is -3.33. The molecule has 0 spiro atoms. The second-order valence-electron chi connectivity index (χ2n) is 7.56. The molecule has 3 heterocycles. The fraction of sp³-hybridized carbons (Fsp3) is 0.381. The maximum absolute atomic E-state index is 13.9. The van der Waals surface area contributed by atoms with Crippen molar-refractivity contribution in [3.05, 3.63) is 54.9 Å². The monoisotopic (exact) mass is 405 g/mol. The molecule has 3 aromatic rings. The Kier molecular flexibility index (Phi) is 4.88. The smallest absolute Gasteiger partial charge is 0.259 e. The van der Waals surface area contributed by atoms with Gasteiger partial charge in [-0.1, -0.05) is 18.2 Å².